The summed E-state index contributed by atoms with van der Waals surface area (Å²) in [5, 5.41) is 0. The summed E-state index contributed by atoms with van der Waals surface area (Å²) in [6, 6.07) is 6.76. The van der Waals surface area contributed by atoms with Gasteiger partial charge < -0.3 is 14.0 Å². The van der Waals surface area contributed by atoms with E-state index in [1.165, 1.54) is 10.6 Å². The highest BCUT2D eigenvalue weighted by atomic mass is 32.1. The van der Waals surface area contributed by atoms with E-state index in [0.717, 1.165) is 17.4 Å². The number of amides is 1. The smallest absolute Gasteiger partial charge is 0.279 e. The van der Waals surface area contributed by atoms with Gasteiger partial charge in [-0.2, -0.15) is 4.99 Å². The lowest BCUT2D eigenvalue weighted by Crippen LogP contribution is -2.16. The lowest BCUT2D eigenvalue weighted by atomic mass is 10.2. The van der Waals surface area contributed by atoms with Gasteiger partial charge in [-0.25, -0.2) is 8.78 Å². The molecular weight excluding hydrogens is 362 g/mol. The monoisotopic (exact) mass is 374 g/mol. The molecule has 5 nitrogen and oxygen atoms in total. The highest BCUT2D eigenvalue weighted by Crippen LogP contribution is 2.32. The Balaban J connectivity index is 1.84. The van der Waals surface area contributed by atoms with E-state index in [1.807, 2.05) is 0 Å². The predicted octanol–water partition coefficient (Wildman–Crippen LogP) is 3.64. The molecule has 26 heavy (non-hydrogen) atoms. The number of nitrogens with zero attached hydrogens (tertiary/aromatic N) is 2. The molecule has 1 aliphatic heterocycles. The standard InChI is InChI=1S/C18H12F2N2O3S/c1-2-5-22-16-12(20)7-11(19)8-15(16)26-18(22)21-17(23)10-3-4-13-14(6-10)25-9-24-13/h2-4,6-8H,1,5,9H2. The molecule has 1 amide bonds. The summed E-state index contributed by atoms with van der Waals surface area (Å²) in [5.74, 6) is -0.892. The van der Waals surface area contributed by atoms with Crippen molar-refractivity contribution in [2.45, 2.75) is 6.54 Å². The third-order valence-corrected chi connectivity index (χ3v) is 4.85. The topological polar surface area (TPSA) is 52.8 Å². The molecule has 0 unspecified atom stereocenters. The molecule has 1 aliphatic rings. The molecule has 2 aromatic carbocycles. The van der Waals surface area contributed by atoms with Gasteiger partial charge in [0.05, 0.1) is 10.2 Å². The molecule has 0 radical (unpaired) electrons. The molecule has 0 aliphatic carbocycles. The molecular formula is C18H12F2N2O3S. The molecule has 1 aromatic heterocycles. The van der Waals surface area contributed by atoms with Crippen molar-refractivity contribution >= 4 is 27.5 Å². The fourth-order valence-corrected chi connectivity index (χ4v) is 3.77. The van der Waals surface area contributed by atoms with Gasteiger partial charge >= 0.3 is 0 Å². The van der Waals surface area contributed by atoms with Crippen LogP contribution < -0.4 is 14.3 Å². The number of thiazole rings is 1. The average molecular weight is 374 g/mol. The normalized spacial score (nSPS) is 13.4. The van der Waals surface area contributed by atoms with Crippen LogP contribution in [0.1, 0.15) is 10.4 Å². The van der Waals surface area contributed by atoms with Crippen molar-refractivity contribution in [3.05, 3.63) is 65.0 Å². The third-order valence-electron chi connectivity index (χ3n) is 3.82. The fourth-order valence-electron chi connectivity index (χ4n) is 2.69. The maximum atomic E-state index is 14.2. The average Bonchev–Trinajstić information content (AvgIpc) is 3.19. The maximum absolute atomic E-state index is 14.2. The summed E-state index contributed by atoms with van der Waals surface area (Å²) >= 11 is 1.03. The second-order valence-corrected chi connectivity index (χ2v) is 6.51. The van der Waals surface area contributed by atoms with Crippen LogP contribution >= 0.6 is 11.3 Å². The molecule has 0 spiro atoms. The number of carbonyl (C=O) groups excluding carboxylic acids is 1. The van der Waals surface area contributed by atoms with Gasteiger partial charge in [0, 0.05) is 18.2 Å². The van der Waals surface area contributed by atoms with Gasteiger partial charge in [-0.1, -0.05) is 17.4 Å². The summed E-state index contributed by atoms with van der Waals surface area (Å²) in [6.45, 7) is 3.97. The second-order valence-electron chi connectivity index (χ2n) is 5.50. The molecule has 0 atom stereocenters. The van der Waals surface area contributed by atoms with E-state index >= 15 is 0 Å². The van der Waals surface area contributed by atoms with E-state index in [2.05, 4.69) is 11.6 Å². The van der Waals surface area contributed by atoms with Crippen molar-refractivity contribution in [1.29, 1.82) is 0 Å². The summed E-state index contributed by atoms with van der Waals surface area (Å²) in [7, 11) is 0. The third kappa shape index (κ3) is 2.78. The molecule has 0 saturated carbocycles. The van der Waals surface area contributed by atoms with Crippen molar-refractivity contribution in [1.82, 2.24) is 4.57 Å². The Hall–Kier alpha value is -3.00. The largest absolute Gasteiger partial charge is 0.454 e. The number of rotatable bonds is 3. The number of benzene rings is 2. The maximum Gasteiger partial charge on any atom is 0.279 e. The molecule has 0 N–H and O–H groups in total. The summed E-state index contributed by atoms with van der Waals surface area (Å²) in [6.07, 6.45) is 1.55. The molecule has 132 valence electrons. The molecule has 2 heterocycles. The van der Waals surface area contributed by atoms with Crippen molar-refractivity contribution in [3.63, 3.8) is 0 Å². The van der Waals surface area contributed by atoms with Gasteiger partial charge in [-0.05, 0) is 24.3 Å². The van der Waals surface area contributed by atoms with Gasteiger partial charge in [0.15, 0.2) is 22.1 Å². The minimum Gasteiger partial charge on any atom is -0.454 e. The number of hydrogen-bond donors (Lipinski definition) is 0. The Morgan fingerprint density at radius 3 is 2.88 bits per heavy atom. The van der Waals surface area contributed by atoms with Crippen LogP contribution in [0.2, 0.25) is 0 Å². The molecule has 0 bridgehead atoms. The highest BCUT2D eigenvalue weighted by Gasteiger charge is 2.17. The van der Waals surface area contributed by atoms with Crippen molar-refractivity contribution in [2.75, 3.05) is 6.79 Å². The van der Waals surface area contributed by atoms with Gasteiger partial charge in [0.1, 0.15) is 5.82 Å². The second kappa shape index (κ2) is 6.38. The van der Waals surface area contributed by atoms with Crippen LogP contribution in [-0.2, 0) is 6.54 Å². The van der Waals surface area contributed by atoms with Crippen LogP contribution in [0, 0.1) is 11.6 Å². The summed E-state index contributed by atoms with van der Waals surface area (Å²) in [4.78, 5) is 16.9. The van der Waals surface area contributed by atoms with Gasteiger partial charge in [0.25, 0.3) is 5.91 Å². The molecule has 3 aromatic rings. The Bertz CT molecular complexity index is 1120. The Labute approximate surface area is 150 Å². The van der Waals surface area contributed by atoms with Crippen LogP contribution in [0.4, 0.5) is 8.78 Å². The van der Waals surface area contributed by atoms with Crippen LogP contribution in [0.25, 0.3) is 10.2 Å². The van der Waals surface area contributed by atoms with Gasteiger partial charge in [0.2, 0.25) is 6.79 Å². The van der Waals surface area contributed by atoms with Crippen LogP contribution in [0.5, 0.6) is 11.5 Å². The molecule has 0 fully saturated rings. The highest BCUT2D eigenvalue weighted by molar-refractivity contribution is 7.16. The zero-order valence-corrected chi connectivity index (χ0v) is 14.2. The van der Waals surface area contributed by atoms with Crippen molar-refractivity contribution in [2.24, 2.45) is 4.99 Å². The van der Waals surface area contributed by atoms with E-state index in [4.69, 9.17) is 9.47 Å². The molecule has 0 saturated heterocycles. The zero-order chi connectivity index (χ0) is 18.3. The molecule has 8 heteroatoms. The minimum atomic E-state index is -0.713. The number of carbonyl (C=O) groups is 1. The first kappa shape index (κ1) is 16.5. The number of hydrogen-bond acceptors (Lipinski definition) is 4. The number of allylic oxidation sites excluding steroid dienone is 1. The number of halogens is 2. The lowest BCUT2D eigenvalue weighted by Gasteiger charge is -2.02. The Morgan fingerprint density at radius 2 is 2.08 bits per heavy atom. The summed E-state index contributed by atoms with van der Waals surface area (Å²) in [5.41, 5.74) is 0.497. The van der Waals surface area contributed by atoms with E-state index in [0.29, 0.717) is 21.8 Å². The lowest BCUT2D eigenvalue weighted by molar-refractivity contribution is 0.0997. The zero-order valence-electron chi connectivity index (χ0n) is 13.4. The van der Waals surface area contributed by atoms with Crippen LogP contribution in [-0.4, -0.2) is 17.3 Å². The number of fused-ring (bicyclic) bond motifs is 2. The van der Waals surface area contributed by atoms with E-state index in [1.54, 1.807) is 24.3 Å². The quantitative estimate of drug-likeness (QED) is 0.658. The Kier molecular flexibility index (Phi) is 4.04. The number of ether oxygens (including phenoxy) is 2. The van der Waals surface area contributed by atoms with Crippen molar-refractivity contribution in [3.8, 4) is 11.5 Å². The fraction of sp³-hybridized carbons (Fsp3) is 0.111. The van der Waals surface area contributed by atoms with Crippen LogP contribution in [0.3, 0.4) is 0 Å². The Morgan fingerprint density at radius 1 is 1.27 bits per heavy atom. The first-order valence-electron chi connectivity index (χ1n) is 7.65. The van der Waals surface area contributed by atoms with Gasteiger partial charge in [-0.3, -0.25) is 4.79 Å². The SMILES string of the molecule is C=CCn1c(=NC(=O)c2ccc3c(c2)OCO3)sc2cc(F)cc(F)c21. The van der Waals surface area contributed by atoms with E-state index in [9.17, 15) is 13.6 Å². The summed E-state index contributed by atoms with van der Waals surface area (Å²) < 4.78 is 40.0. The number of aromatic nitrogens is 1. The van der Waals surface area contributed by atoms with Crippen molar-refractivity contribution < 1.29 is 23.0 Å². The molecule has 4 rings (SSSR count). The van der Waals surface area contributed by atoms with E-state index < -0.39 is 17.5 Å². The minimum absolute atomic E-state index is 0.102. The first-order valence-corrected chi connectivity index (χ1v) is 8.46. The van der Waals surface area contributed by atoms with Gasteiger partial charge in [-0.15, -0.1) is 6.58 Å². The first-order chi connectivity index (χ1) is 12.6. The van der Waals surface area contributed by atoms with Crippen LogP contribution in [0.15, 0.2) is 48.0 Å². The predicted molar refractivity (Wildman–Crippen MR) is 92.4 cm³/mol. The van der Waals surface area contributed by atoms with E-state index in [-0.39, 0.29) is 23.7 Å².